The van der Waals surface area contributed by atoms with Crippen LogP contribution in [0.4, 0.5) is 14.5 Å². The van der Waals surface area contributed by atoms with E-state index < -0.39 is 6.43 Å². The lowest BCUT2D eigenvalue weighted by Crippen LogP contribution is -2.08. The first-order valence-corrected chi connectivity index (χ1v) is 5.71. The molecule has 1 aromatic carbocycles. The monoisotopic (exact) mass is 301 g/mol. The second-order valence-corrected chi connectivity index (χ2v) is 4.39. The van der Waals surface area contributed by atoms with Gasteiger partial charge in [-0.25, -0.2) is 8.78 Å². The van der Waals surface area contributed by atoms with E-state index in [1.807, 2.05) is 24.3 Å². The Hall–Kier alpha value is -1.43. The fourth-order valence-corrected chi connectivity index (χ4v) is 1.97. The zero-order chi connectivity index (χ0) is 12.4. The molecule has 2 N–H and O–H groups in total. The van der Waals surface area contributed by atoms with Crippen molar-refractivity contribution in [1.29, 1.82) is 0 Å². The lowest BCUT2D eigenvalue weighted by molar-refractivity contribution is 0.140. The van der Waals surface area contributed by atoms with Gasteiger partial charge in [-0.05, 0) is 11.6 Å². The van der Waals surface area contributed by atoms with Crippen LogP contribution in [0, 0.1) is 0 Å². The summed E-state index contributed by atoms with van der Waals surface area (Å²) in [6.07, 6.45) is -1.38. The highest BCUT2D eigenvalue weighted by Gasteiger charge is 2.18. The number of hydrogen-bond acceptors (Lipinski definition) is 2. The van der Waals surface area contributed by atoms with Gasteiger partial charge in [-0.3, -0.25) is 4.68 Å². The van der Waals surface area contributed by atoms with Crippen molar-refractivity contribution in [3.05, 3.63) is 46.2 Å². The molecule has 0 saturated heterocycles. The zero-order valence-corrected chi connectivity index (χ0v) is 10.4. The Morgan fingerprint density at radius 2 is 2.06 bits per heavy atom. The Labute approximate surface area is 105 Å². The minimum atomic E-state index is -2.63. The predicted molar refractivity (Wildman–Crippen MR) is 64.8 cm³/mol. The summed E-state index contributed by atoms with van der Waals surface area (Å²) in [5, 5.41) is 3.86. The van der Waals surface area contributed by atoms with E-state index >= 15 is 0 Å². The first-order valence-electron chi connectivity index (χ1n) is 4.92. The molecule has 2 aromatic rings. The standard InChI is InChI=1S/C11H10BrF2N3/c12-8-4-2-1-3-7(8)6-17-10(11(13)14)9(15)5-16-17/h1-5,11H,6,15H2. The quantitative estimate of drug-likeness (QED) is 0.946. The number of anilines is 1. The van der Waals surface area contributed by atoms with Crippen molar-refractivity contribution in [2.24, 2.45) is 0 Å². The summed E-state index contributed by atoms with van der Waals surface area (Å²) in [6.45, 7) is 0.262. The minimum Gasteiger partial charge on any atom is -0.396 e. The molecule has 6 heteroatoms. The van der Waals surface area contributed by atoms with Gasteiger partial charge >= 0.3 is 0 Å². The van der Waals surface area contributed by atoms with Crippen molar-refractivity contribution in [3.8, 4) is 0 Å². The van der Waals surface area contributed by atoms with E-state index in [2.05, 4.69) is 21.0 Å². The van der Waals surface area contributed by atoms with Crippen LogP contribution in [0.1, 0.15) is 17.7 Å². The number of alkyl halides is 2. The molecule has 0 amide bonds. The SMILES string of the molecule is Nc1cnn(Cc2ccccc2Br)c1C(F)F. The molecule has 1 heterocycles. The van der Waals surface area contributed by atoms with Gasteiger partial charge in [0.1, 0.15) is 5.69 Å². The number of nitrogen functional groups attached to an aromatic ring is 1. The predicted octanol–water partition coefficient (Wildman–Crippen LogP) is 3.21. The van der Waals surface area contributed by atoms with E-state index in [-0.39, 0.29) is 17.9 Å². The summed E-state index contributed by atoms with van der Waals surface area (Å²) in [5.74, 6) is 0. The Bertz CT molecular complexity index is 525. The number of halogens is 3. The van der Waals surface area contributed by atoms with Crippen molar-refractivity contribution in [2.45, 2.75) is 13.0 Å². The third-order valence-corrected chi connectivity index (χ3v) is 3.17. The highest BCUT2D eigenvalue weighted by molar-refractivity contribution is 9.10. The van der Waals surface area contributed by atoms with Gasteiger partial charge in [-0.15, -0.1) is 0 Å². The van der Waals surface area contributed by atoms with E-state index in [9.17, 15) is 8.78 Å². The van der Waals surface area contributed by atoms with Crippen LogP contribution < -0.4 is 5.73 Å². The van der Waals surface area contributed by atoms with E-state index in [1.54, 1.807) is 0 Å². The summed E-state index contributed by atoms with van der Waals surface area (Å²) >= 11 is 3.36. The van der Waals surface area contributed by atoms with Crippen LogP contribution in [-0.2, 0) is 6.54 Å². The van der Waals surface area contributed by atoms with Gasteiger partial charge in [0.05, 0.1) is 18.4 Å². The molecule has 0 bridgehead atoms. The Morgan fingerprint density at radius 3 is 2.71 bits per heavy atom. The highest BCUT2D eigenvalue weighted by Crippen LogP contribution is 2.26. The minimum absolute atomic E-state index is 0.0204. The average molecular weight is 302 g/mol. The van der Waals surface area contributed by atoms with Gasteiger partial charge in [-0.2, -0.15) is 5.10 Å². The normalized spacial score (nSPS) is 11.1. The summed E-state index contributed by atoms with van der Waals surface area (Å²) in [4.78, 5) is 0. The third kappa shape index (κ3) is 2.46. The molecular weight excluding hydrogens is 292 g/mol. The van der Waals surface area contributed by atoms with Crippen LogP contribution in [0.2, 0.25) is 0 Å². The summed E-state index contributed by atoms with van der Waals surface area (Å²) in [5.41, 5.74) is 6.12. The maximum absolute atomic E-state index is 12.8. The Morgan fingerprint density at radius 1 is 1.35 bits per heavy atom. The average Bonchev–Trinajstić information content (AvgIpc) is 2.63. The lowest BCUT2D eigenvalue weighted by atomic mass is 10.2. The maximum Gasteiger partial charge on any atom is 0.282 e. The van der Waals surface area contributed by atoms with Crippen molar-refractivity contribution in [3.63, 3.8) is 0 Å². The molecule has 3 nitrogen and oxygen atoms in total. The van der Waals surface area contributed by atoms with Gasteiger partial charge in [0.15, 0.2) is 0 Å². The van der Waals surface area contributed by atoms with Gasteiger partial charge < -0.3 is 5.73 Å². The second kappa shape index (κ2) is 4.83. The summed E-state index contributed by atoms with van der Waals surface area (Å²) in [7, 11) is 0. The molecule has 0 aliphatic rings. The topological polar surface area (TPSA) is 43.8 Å². The number of aromatic nitrogens is 2. The molecular formula is C11H10BrF2N3. The van der Waals surface area contributed by atoms with Crippen molar-refractivity contribution in [1.82, 2.24) is 9.78 Å². The smallest absolute Gasteiger partial charge is 0.282 e. The van der Waals surface area contributed by atoms with Crippen molar-refractivity contribution in [2.75, 3.05) is 5.73 Å². The van der Waals surface area contributed by atoms with E-state index in [0.29, 0.717) is 0 Å². The molecule has 0 aliphatic heterocycles. The number of nitrogens with two attached hydrogens (primary N) is 1. The van der Waals surface area contributed by atoms with Crippen LogP contribution >= 0.6 is 15.9 Å². The molecule has 0 spiro atoms. The molecule has 0 unspecified atom stereocenters. The van der Waals surface area contributed by atoms with E-state index in [0.717, 1.165) is 10.0 Å². The number of benzene rings is 1. The molecule has 17 heavy (non-hydrogen) atoms. The summed E-state index contributed by atoms with van der Waals surface area (Å²) < 4.78 is 27.6. The molecule has 0 fully saturated rings. The molecule has 2 rings (SSSR count). The van der Waals surface area contributed by atoms with Gasteiger partial charge in [0.25, 0.3) is 6.43 Å². The van der Waals surface area contributed by atoms with Gasteiger partial charge in [0, 0.05) is 4.47 Å². The highest BCUT2D eigenvalue weighted by atomic mass is 79.9. The molecule has 90 valence electrons. The molecule has 1 aromatic heterocycles. The third-order valence-electron chi connectivity index (χ3n) is 2.39. The van der Waals surface area contributed by atoms with Gasteiger partial charge in [-0.1, -0.05) is 34.1 Å². The molecule has 0 aliphatic carbocycles. The fraction of sp³-hybridized carbons (Fsp3) is 0.182. The van der Waals surface area contributed by atoms with Crippen LogP contribution in [0.5, 0.6) is 0 Å². The van der Waals surface area contributed by atoms with Crippen molar-refractivity contribution >= 4 is 21.6 Å². The number of hydrogen-bond donors (Lipinski definition) is 1. The van der Waals surface area contributed by atoms with Gasteiger partial charge in [0.2, 0.25) is 0 Å². The second-order valence-electron chi connectivity index (χ2n) is 3.53. The molecule has 0 radical (unpaired) electrons. The van der Waals surface area contributed by atoms with Crippen LogP contribution in [-0.4, -0.2) is 9.78 Å². The fourth-order valence-electron chi connectivity index (χ4n) is 1.56. The largest absolute Gasteiger partial charge is 0.396 e. The number of rotatable bonds is 3. The van der Waals surface area contributed by atoms with Crippen LogP contribution in [0.15, 0.2) is 34.9 Å². The molecule has 0 atom stereocenters. The van der Waals surface area contributed by atoms with E-state index in [4.69, 9.17) is 5.73 Å². The van der Waals surface area contributed by atoms with E-state index in [1.165, 1.54) is 10.9 Å². The zero-order valence-electron chi connectivity index (χ0n) is 8.78. The Kier molecular flexibility index (Phi) is 3.42. The van der Waals surface area contributed by atoms with Crippen LogP contribution in [0.25, 0.3) is 0 Å². The number of nitrogens with zero attached hydrogens (tertiary/aromatic N) is 2. The lowest BCUT2D eigenvalue weighted by Gasteiger charge is -2.08. The van der Waals surface area contributed by atoms with Crippen molar-refractivity contribution < 1.29 is 8.78 Å². The van der Waals surface area contributed by atoms with Crippen LogP contribution in [0.3, 0.4) is 0 Å². The molecule has 0 saturated carbocycles. The first kappa shape index (κ1) is 12.0. The summed E-state index contributed by atoms with van der Waals surface area (Å²) in [6, 6.07) is 7.40. The maximum atomic E-state index is 12.8. The first-order chi connectivity index (χ1) is 8.09. The Balaban J connectivity index is 2.34.